The molecule has 2 aromatic carbocycles. The van der Waals surface area contributed by atoms with E-state index in [0.29, 0.717) is 23.2 Å². The molecule has 5 rings (SSSR count). The molecule has 2 aliphatic heterocycles. The number of esters is 1. The van der Waals surface area contributed by atoms with Crippen LogP contribution in [0.15, 0.2) is 60.7 Å². The fourth-order valence-corrected chi connectivity index (χ4v) is 5.23. The van der Waals surface area contributed by atoms with Crippen LogP contribution < -0.4 is 0 Å². The Bertz CT molecular complexity index is 809. The van der Waals surface area contributed by atoms with Crippen LogP contribution in [0, 0.1) is 5.92 Å². The van der Waals surface area contributed by atoms with E-state index >= 15 is 0 Å². The van der Waals surface area contributed by atoms with Crippen molar-refractivity contribution in [2.24, 2.45) is 5.92 Å². The third kappa shape index (κ3) is 3.49. The van der Waals surface area contributed by atoms with Crippen LogP contribution in [0.1, 0.15) is 49.7 Å². The van der Waals surface area contributed by atoms with Crippen molar-refractivity contribution in [1.82, 2.24) is 4.90 Å². The van der Waals surface area contributed by atoms with E-state index in [1.807, 2.05) is 36.4 Å². The van der Waals surface area contributed by atoms with Gasteiger partial charge in [0.25, 0.3) is 0 Å². The second-order valence-electron chi connectivity index (χ2n) is 8.90. The van der Waals surface area contributed by atoms with Crippen LogP contribution in [0.5, 0.6) is 0 Å². The van der Waals surface area contributed by atoms with Gasteiger partial charge in [-0.3, -0.25) is 4.90 Å². The van der Waals surface area contributed by atoms with E-state index in [2.05, 4.69) is 4.90 Å². The normalized spacial score (nSPS) is 27.0. The maximum Gasteiger partial charge on any atom is 0.348 e. The van der Waals surface area contributed by atoms with E-state index in [9.17, 15) is 9.90 Å². The summed E-state index contributed by atoms with van der Waals surface area (Å²) in [5.74, 6) is 0.273. The van der Waals surface area contributed by atoms with Gasteiger partial charge in [-0.05, 0) is 55.6 Å². The molecule has 0 spiro atoms. The molecule has 2 saturated heterocycles. The number of hydrogen-bond acceptors (Lipinski definition) is 4. The second kappa shape index (κ2) is 7.58. The lowest BCUT2D eigenvalue weighted by atomic mass is 9.86. The average molecular weight is 392 g/mol. The van der Waals surface area contributed by atoms with Gasteiger partial charge in [-0.15, -0.1) is 0 Å². The van der Waals surface area contributed by atoms with Gasteiger partial charge in [-0.25, -0.2) is 4.79 Å². The predicted octanol–water partition coefficient (Wildman–Crippen LogP) is 3.87. The van der Waals surface area contributed by atoms with Crippen molar-refractivity contribution in [2.75, 3.05) is 6.54 Å². The first-order chi connectivity index (χ1) is 14.2. The topological polar surface area (TPSA) is 49.8 Å². The van der Waals surface area contributed by atoms with Crippen molar-refractivity contribution in [3.05, 3.63) is 71.8 Å². The Morgan fingerprint density at radius 3 is 2.07 bits per heavy atom. The summed E-state index contributed by atoms with van der Waals surface area (Å²) in [6.07, 6.45) is 6.79. The maximum absolute atomic E-state index is 13.5. The van der Waals surface area contributed by atoms with Gasteiger partial charge in [0.15, 0.2) is 0 Å². The van der Waals surface area contributed by atoms with Crippen molar-refractivity contribution in [2.45, 2.75) is 62.3 Å². The Balaban J connectivity index is 1.41. The quantitative estimate of drug-likeness (QED) is 0.760. The zero-order chi connectivity index (χ0) is 19.8. The molecule has 0 radical (unpaired) electrons. The fraction of sp³-hybridized carbons (Fsp3) is 0.480. The van der Waals surface area contributed by atoms with Gasteiger partial charge < -0.3 is 9.84 Å². The molecule has 4 nitrogen and oxygen atoms in total. The van der Waals surface area contributed by atoms with E-state index in [4.69, 9.17) is 4.74 Å². The number of piperidine rings is 1. The van der Waals surface area contributed by atoms with Crippen molar-refractivity contribution in [3.8, 4) is 0 Å². The summed E-state index contributed by atoms with van der Waals surface area (Å²) < 4.78 is 6.10. The smallest absolute Gasteiger partial charge is 0.348 e. The lowest BCUT2D eigenvalue weighted by Gasteiger charge is -2.40. The van der Waals surface area contributed by atoms with E-state index in [1.165, 1.54) is 19.3 Å². The Hall–Kier alpha value is -2.17. The van der Waals surface area contributed by atoms with Crippen LogP contribution in [0.3, 0.4) is 0 Å². The summed E-state index contributed by atoms with van der Waals surface area (Å²) in [7, 11) is 0. The Labute approximate surface area is 172 Å². The minimum absolute atomic E-state index is 0.140. The van der Waals surface area contributed by atoms with E-state index in [0.717, 1.165) is 31.7 Å². The number of carbonyl (C=O) groups is 1. The molecular formula is C25H29NO3. The Kier molecular flexibility index (Phi) is 4.92. The molecule has 2 aromatic rings. The predicted molar refractivity (Wildman–Crippen MR) is 111 cm³/mol. The van der Waals surface area contributed by atoms with Crippen LogP contribution in [0.25, 0.3) is 0 Å². The molecule has 3 fully saturated rings. The molecule has 152 valence electrons. The molecule has 29 heavy (non-hydrogen) atoms. The largest absolute Gasteiger partial charge is 0.458 e. The molecule has 0 unspecified atom stereocenters. The molecule has 3 aliphatic rings. The maximum atomic E-state index is 13.5. The Morgan fingerprint density at radius 1 is 0.897 bits per heavy atom. The van der Waals surface area contributed by atoms with Crippen LogP contribution in [-0.2, 0) is 15.1 Å². The number of ether oxygens (including phenoxy) is 1. The van der Waals surface area contributed by atoms with Crippen LogP contribution in [0.2, 0.25) is 0 Å². The minimum atomic E-state index is -1.79. The van der Waals surface area contributed by atoms with Crippen molar-refractivity contribution >= 4 is 5.97 Å². The van der Waals surface area contributed by atoms with Crippen LogP contribution in [0.4, 0.5) is 0 Å². The highest BCUT2D eigenvalue weighted by Gasteiger charge is 2.48. The highest BCUT2D eigenvalue weighted by Crippen LogP contribution is 2.42. The molecule has 4 heteroatoms. The lowest BCUT2D eigenvalue weighted by molar-refractivity contribution is -0.173. The zero-order valence-corrected chi connectivity index (χ0v) is 16.7. The summed E-state index contributed by atoms with van der Waals surface area (Å²) in [5, 5.41) is 11.7. The van der Waals surface area contributed by atoms with Crippen LogP contribution >= 0.6 is 0 Å². The fourth-order valence-electron chi connectivity index (χ4n) is 5.23. The summed E-state index contributed by atoms with van der Waals surface area (Å²) in [5.41, 5.74) is -0.698. The molecule has 1 saturated carbocycles. The molecule has 3 atom stereocenters. The van der Waals surface area contributed by atoms with E-state index in [-0.39, 0.29) is 6.10 Å². The number of rotatable bonds is 6. The minimum Gasteiger partial charge on any atom is -0.458 e. The summed E-state index contributed by atoms with van der Waals surface area (Å²) in [4.78, 5) is 16.1. The van der Waals surface area contributed by atoms with Gasteiger partial charge in [-0.2, -0.15) is 0 Å². The average Bonchev–Trinajstić information content (AvgIpc) is 3.53. The summed E-state index contributed by atoms with van der Waals surface area (Å²) >= 11 is 0. The third-order valence-corrected chi connectivity index (χ3v) is 7.01. The van der Waals surface area contributed by atoms with Crippen LogP contribution in [-0.4, -0.2) is 40.7 Å². The van der Waals surface area contributed by atoms with Crippen molar-refractivity contribution < 1.29 is 14.6 Å². The lowest BCUT2D eigenvalue weighted by Crippen LogP contribution is -2.51. The zero-order valence-electron chi connectivity index (χ0n) is 16.7. The highest BCUT2D eigenvalue weighted by molar-refractivity contribution is 5.85. The first kappa shape index (κ1) is 18.8. The number of benzene rings is 2. The third-order valence-electron chi connectivity index (χ3n) is 7.01. The summed E-state index contributed by atoms with van der Waals surface area (Å²) in [6.45, 7) is 1.14. The molecular weight excluding hydrogens is 362 g/mol. The number of carbonyl (C=O) groups excluding carboxylic acids is 1. The highest BCUT2D eigenvalue weighted by atomic mass is 16.6. The first-order valence-electron chi connectivity index (χ1n) is 11.0. The molecule has 2 bridgehead atoms. The van der Waals surface area contributed by atoms with Crippen molar-refractivity contribution in [1.29, 1.82) is 0 Å². The number of aliphatic hydroxyl groups is 1. The van der Waals surface area contributed by atoms with E-state index < -0.39 is 11.6 Å². The van der Waals surface area contributed by atoms with Gasteiger partial charge in [0, 0.05) is 18.6 Å². The molecule has 1 N–H and O–H groups in total. The van der Waals surface area contributed by atoms with E-state index in [1.54, 1.807) is 24.3 Å². The first-order valence-corrected chi connectivity index (χ1v) is 11.0. The molecule has 1 aliphatic carbocycles. The van der Waals surface area contributed by atoms with Gasteiger partial charge in [0.1, 0.15) is 6.10 Å². The number of nitrogens with zero attached hydrogens (tertiary/aromatic N) is 1. The molecule has 2 heterocycles. The van der Waals surface area contributed by atoms with Gasteiger partial charge in [0.05, 0.1) is 0 Å². The Morgan fingerprint density at radius 2 is 1.48 bits per heavy atom. The van der Waals surface area contributed by atoms with Gasteiger partial charge in [0.2, 0.25) is 5.60 Å². The monoisotopic (exact) mass is 391 g/mol. The van der Waals surface area contributed by atoms with Crippen molar-refractivity contribution in [3.63, 3.8) is 0 Å². The SMILES string of the molecule is O=C(O[C@H]1CC[C@H]2CC[C@@H]1N2CC1CC1)C(O)(c1ccccc1)c1ccccc1. The van der Waals surface area contributed by atoms with Gasteiger partial charge >= 0.3 is 5.97 Å². The van der Waals surface area contributed by atoms with Gasteiger partial charge in [-0.1, -0.05) is 60.7 Å². The molecule has 0 aromatic heterocycles. The standard InChI is InChI=1S/C25H29NO3/c27-24(25(28,19-7-3-1-4-8-19)20-9-5-2-6-10-20)29-23-16-14-21-13-15-22(23)26(21)17-18-11-12-18/h1-10,18,21-23,28H,11-17H2/t21-,22+,23+/m1/s1. The number of hydrogen-bond donors (Lipinski definition) is 1. The molecule has 0 amide bonds. The number of fused-ring (bicyclic) bond motifs is 2. The summed E-state index contributed by atoms with van der Waals surface area (Å²) in [6, 6.07) is 19.3. The second-order valence-corrected chi connectivity index (χ2v) is 8.90.